The molecule has 0 aromatic heterocycles. The number of aryl methyl sites for hydroxylation is 1. The summed E-state index contributed by atoms with van der Waals surface area (Å²) < 4.78 is 0. The molecular weight excluding hydrogens is 430 g/mol. The Morgan fingerprint density at radius 1 is 0.758 bits per heavy atom. The fourth-order valence-electron chi connectivity index (χ4n) is 3.98. The average molecular weight is 452 g/mol. The lowest BCUT2D eigenvalue weighted by Crippen LogP contribution is -2.52. The molecule has 0 bridgehead atoms. The Balaban J connectivity index is 1.75. The molecule has 162 valence electrons. The average Bonchev–Trinajstić information content (AvgIpc) is 2.85. The van der Waals surface area contributed by atoms with Gasteiger partial charge >= 0.3 is 6.03 Å². The van der Waals surface area contributed by atoms with Gasteiger partial charge in [0.05, 0.1) is 5.69 Å². The van der Waals surface area contributed by atoms with Crippen LogP contribution in [0.4, 0.5) is 16.2 Å². The van der Waals surface area contributed by atoms with Crippen molar-refractivity contribution in [3.8, 4) is 0 Å². The van der Waals surface area contributed by atoms with Crippen LogP contribution in [0.15, 0.2) is 114 Å². The number of hydrogen-bond donors (Lipinski definition) is 0. The van der Waals surface area contributed by atoms with Crippen LogP contribution >= 0.6 is 11.6 Å². The molecule has 5 rings (SSSR count). The van der Waals surface area contributed by atoms with E-state index in [0.717, 1.165) is 22.4 Å². The Morgan fingerprint density at radius 2 is 1.42 bits per heavy atom. The Kier molecular flexibility index (Phi) is 5.68. The van der Waals surface area contributed by atoms with E-state index in [1.807, 2.05) is 104 Å². The van der Waals surface area contributed by atoms with Gasteiger partial charge in [0.25, 0.3) is 0 Å². The maximum atomic E-state index is 14.2. The first-order chi connectivity index (χ1) is 16.1. The maximum absolute atomic E-state index is 14.2. The summed E-state index contributed by atoms with van der Waals surface area (Å²) in [6.45, 7) is 2.03. The zero-order chi connectivity index (χ0) is 22.8. The Bertz CT molecular complexity index is 1300. The van der Waals surface area contributed by atoms with Gasteiger partial charge in [-0.05, 0) is 42.8 Å². The first-order valence-corrected chi connectivity index (χ1v) is 11.1. The second-order valence-corrected chi connectivity index (χ2v) is 8.34. The predicted molar refractivity (Wildman–Crippen MR) is 135 cm³/mol. The van der Waals surface area contributed by atoms with Crippen molar-refractivity contribution in [3.63, 3.8) is 0 Å². The first kappa shape index (κ1) is 21.0. The molecule has 0 aliphatic carbocycles. The minimum absolute atomic E-state index is 0.191. The van der Waals surface area contributed by atoms with Gasteiger partial charge in [0.2, 0.25) is 0 Å². The number of amides is 2. The molecule has 5 heteroatoms. The normalized spacial score (nSPS) is 16.0. The lowest BCUT2D eigenvalue weighted by Gasteiger charge is -2.40. The molecule has 4 nitrogen and oxygen atoms in total. The topological polar surface area (TPSA) is 35.9 Å². The zero-order valence-electron chi connectivity index (χ0n) is 18.1. The van der Waals surface area contributed by atoms with Crippen LogP contribution in [0.3, 0.4) is 0 Å². The van der Waals surface area contributed by atoms with Gasteiger partial charge in [-0.1, -0.05) is 96.0 Å². The number of anilines is 2. The zero-order valence-corrected chi connectivity index (χ0v) is 18.9. The summed E-state index contributed by atoms with van der Waals surface area (Å²) in [5.74, 6) is 0.608. The maximum Gasteiger partial charge on any atom is 0.336 e. The third-order valence-electron chi connectivity index (χ3n) is 5.61. The van der Waals surface area contributed by atoms with Crippen LogP contribution in [-0.4, -0.2) is 11.9 Å². The fourth-order valence-corrected chi connectivity index (χ4v) is 4.16. The number of carbonyl (C=O) groups is 1. The van der Waals surface area contributed by atoms with Gasteiger partial charge in [-0.2, -0.15) is 0 Å². The van der Waals surface area contributed by atoms with E-state index < -0.39 is 6.17 Å². The Morgan fingerprint density at radius 3 is 2.09 bits per heavy atom. The molecule has 33 heavy (non-hydrogen) atoms. The van der Waals surface area contributed by atoms with Crippen molar-refractivity contribution in [2.45, 2.75) is 13.1 Å². The fraction of sp³-hybridized carbons (Fsp3) is 0.0714. The van der Waals surface area contributed by atoms with E-state index in [0.29, 0.717) is 16.5 Å². The van der Waals surface area contributed by atoms with Gasteiger partial charge in [-0.3, -0.25) is 4.90 Å². The highest BCUT2D eigenvalue weighted by Gasteiger charge is 2.38. The van der Waals surface area contributed by atoms with E-state index in [1.54, 1.807) is 21.9 Å². The van der Waals surface area contributed by atoms with Crippen LogP contribution in [0.1, 0.15) is 22.9 Å². The van der Waals surface area contributed by atoms with Crippen LogP contribution in [0.5, 0.6) is 0 Å². The minimum Gasteiger partial charge on any atom is -0.267 e. The number of halogens is 1. The molecule has 4 aromatic rings. The standard InChI is InChI=1S/C28H22ClN3O/c1-20-15-17-24(18-16-20)31-26(21-9-4-2-5-10-21)30-27(22-11-6-3-7-12-22)32(28(31)33)25-14-8-13-23(29)19-25/h2-19,27H,1H3. The summed E-state index contributed by atoms with van der Waals surface area (Å²) in [7, 11) is 0. The number of amidine groups is 1. The van der Waals surface area contributed by atoms with Crippen molar-refractivity contribution in [2.75, 3.05) is 9.80 Å². The van der Waals surface area contributed by atoms with Crippen LogP contribution in [0, 0.1) is 6.92 Å². The number of urea groups is 1. The monoisotopic (exact) mass is 451 g/mol. The summed E-state index contributed by atoms with van der Waals surface area (Å²) in [5, 5.41) is 0.562. The molecule has 0 saturated carbocycles. The van der Waals surface area contributed by atoms with Gasteiger partial charge in [0.15, 0.2) is 6.17 Å². The largest absolute Gasteiger partial charge is 0.336 e. The molecule has 0 N–H and O–H groups in total. The molecule has 1 atom stereocenters. The Hall–Kier alpha value is -3.89. The molecule has 4 aromatic carbocycles. The summed E-state index contributed by atoms with van der Waals surface area (Å²) in [4.78, 5) is 22.7. The van der Waals surface area contributed by atoms with E-state index in [1.165, 1.54) is 0 Å². The van der Waals surface area contributed by atoms with Crippen molar-refractivity contribution < 1.29 is 4.79 Å². The minimum atomic E-state index is -0.533. The number of aliphatic imine (C=N–C) groups is 1. The van der Waals surface area contributed by atoms with Crippen molar-refractivity contribution in [2.24, 2.45) is 4.99 Å². The summed E-state index contributed by atoms with van der Waals surface area (Å²) in [6.07, 6.45) is -0.533. The smallest absolute Gasteiger partial charge is 0.267 e. The van der Waals surface area contributed by atoms with E-state index >= 15 is 0 Å². The van der Waals surface area contributed by atoms with E-state index in [2.05, 4.69) is 0 Å². The SMILES string of the molecule is Cc1ccc(N2C(=O)N(c3cccc(Cl)c3)C(c3ccccc3)N=C2c2ccccc2)cc1. The number of hydrogen-bond acceptors (Lipinski definition) is 2. The second-order valence-electron chi connectivity index (χ2n) is 7.91. The van der Waals surface area contributed by atoms with Crippen LogP contribution < -0.4 is 9.80 Å². The van der Waals surface area contributed by atoms with Gasteiger partial charge in [-0.25, -0.2) is 14.7 Å². The number of carbonyl (C=O) groups excluding carboxylic acids is 1. The third-order valence-corrected chi connectivity index (χ3v) is 5.84. The highest BCUT2D eigenvalue weighted by Crippen LogP contribution is 2.37. The first-order valence-electron chi connectivity index (χ1n) is 10.8. The molecular formula is C28H22ClN3O. The molecule has 0 fully saturated rings. The van der Waals surface area contributed by atoms with Crippen molar-refractivity contribution in [1.29, 1.82) is 0 Å². The quantitative estimate of drug-likeness (QED) is 0.322. The second kappa shape index (κ2) is 8.93. The lowest BCUT2D eigenvalue weighted by atomic mass is 10.1. The van der Waals surface area contributed by atoms with Gasteiger partial charge in [0.1, 0.15) is 5.84 Å². The molecule has 1 aliphatic heterocycles. The van der Waals surface area contributed by atoms with Crippen molar-refractivity contribution >= 4 is 34.8 Å². The number of rotatable bonds is 4. The predicted octanol–water partition coefficient (Wildman–Crippen LogP) is 7.24. The van der Waals surface area contributed by atoms with Crippen LogP contribution in [0.2, 0.25) is 5.02 Å². The lowest BCUT2D eigenvalue weighted by molar-refractivity contribution is 0.251. The molecule has 1 heterocycles. The number of nitrogens with zero attached hydrogens (tertiary/aromatic N) is 3. The molecule has 0 saturated heterocycles. The van der Waals surface area contributed by atoms with Gasteiger partial charge in [0, 0.05) is 16.3 Å². The van der Waals surface area contributed by atoms with Crippen LogP contribution in [-0.2, 0) is 0 Å². The molecule has 0 radical (unpaired) electrons. The summed E-state index contributed by atoms with van der Waals surface area (Å²) >= 11 is 6.31. The van der Waals surface area contributed by atoms with Crippen LogP contribution in [0.25, 0.3) is 0 Å². The van der Waals surface area contributed by atoms with Crippen molar-refractivity contribution in [3.05, 3.63) is 131 Å². The van der Waals surface area contributed by atoms with E-state index in [-0.39, 0.29) is 6.03 Å². The molecule has 1 aliphatic rings. The highest BCUT2D eigenvalue weighted by molar-refractivity contribution is 6.31. The van der Waals surface area contributed by atoms with Crippen molar-refractivity contribution in [1.82, 2.24) is 0 Å². The summed E-state index contributed by atoms with van der Waals surface area (Å²) in [5.41, 5.74) is 4.36. The van der Waals surface area contributed by atoms with E-state index in [4.69, 9.17) is 16.6 Å². The number of benzene rings is 4. The highest BCUT2D eigenvalue weighted by atomic mass is 35.5. The summed E-state index contributed by atoms with van der Waals surface area (Å²) in [6, 6.07) is 34.7. The van der Waals surface area contributed by atoms with Gasteiger partial charge in [-0.15, -0.1) is 0 Å². The molecule has 1 unspecified atom stereocenters. The molecule has 2 amide bonds. The van der Waals surface area contributed by atoms with E-state index in [9.17, 15) is 4.79 Å². The Labute approximate surface area is 198 Å². The third kappa shape index (κ3) is 4.13. The molecule has 0 spiro atoms. The van der Waals surface area contributed by atoms with Gasteiger partial charge < -0.3 is 0 Å².